The number of unbranched alkanes of at least 4 members (excludes halogenated alkanes) is 4. The molecule has 0 bridgehead atoms. The fourth-order valence-corrected chi connectivity index (χ4v) is 9.67. The third kappa shape index (κ3) is 12.8. The van der Waals surface area contributed by atoms with E-state index in [0.717, 1.165) is 11.1 Å². The van der Waals surface area contributed by atoms with Crippen molar-refractivity contribution in [1.82, 2.24) is 0 Å². The van der Waals surface area contributed by atoms with Gasteiger partial charge in [-0.05, 0) is 62.8 Å². The quantitative estimate of drug-likeness (QED) is 0.235. The van der Waals surface area contributed by atoms with E-state index in [4.69, 9.17) is 0 Å². The molecule has 0 aromatic heterocycles. The van der Waals surface area contributed by atoms with Gasteiger partial charge in [-0.15, -0.1) is 0 Å². The molecule has 0 aliphatic rings. The summed E-state index contributed by atoms with van der Waals surface area (Å²) in [5.41, 5.74) is 1.56. The Hall–Kier alpha value is -0.440. The lowest BCUT2D eigenvalue weighted by Crippen LogP contribution is -2.12. The van der Waals surface area contributed by atoms with Crippen molar-refractivity contribution in [2.24, 2.45) is 0 Å². The van der Waals surface area contributed by atoms with Crippen LogP contribution in [0.25, 0.3) is 0 Å². The minimum Gasteiger partial charge on any atom is -0.744 e. The van der Waals surface area contributed by atoms with Gasteiger partial charge in [0, 0.05) is 7.26 Å². The Morgan fingerprint density at radius 2 is 1.00 bits per heavy atom. The Kier molecular flexibility index (Phi) is 15.1. The molecule has 170 valence electrons. The Labute approximate surface area is 182 Å². The molecule has 0 atom stereocenters. The molecule has 0 fully saturated rings. The predicted molar refractivity (Wildman–Crippen MR) is 130 cm³/mol. The molecule has 1 aromatic carbocycles. The van der Waals surface area contributed by atoms with E-state index in [9.17, 15) is 13.0 Å². The van der Waals surface area contributed by atoms with Crippen LogP contribution in [-0.4, -0.2) is 37.6 Å². The van der Waals surface area contributed by atoms with Crippen molar-refractivity contribution in [2.45, 2.75) is 97.8 Å². The fraction of sp³-hybridized carbons (Fsp3) is 0.750. The van der Waals surface area contributed by atoms with Gasteiger partial charge in [-0.1, -0.05) is 59.4 Å². The average molecular weight is 445 g/mol. The molecule has 0 saturated heterocycles. The first-order valence-corrected chi connectivity index (χ1v) is 15.5. The first kappa shape index (κ1) is 28.6. The lowest BCUT2D eigenvalue weighted by molar-refractivity contribution is 0.463. The highest BCUT2D eigenvalue weighted by Gasteiger charge is 2.34. The van der Waals surface area contributed by atoms with E-state index in [1.807, 2.05) is 6.07 Å². The summed E-state index contributed by atoms with van der Waals surface area (Å²) in [6.45, 7) is 12.9. The lowest BCUT2D eigenvalue weighted by atomic mass is 10.2. The summed E-state index contributed by atoms with van der Waals surface area (Å²) in [6.07, 6.45) is 17.9. The molecular formula is C24H45O3PS. The Morgan fingerprint density at radius 1 is 0.690 bits per heavy atom. The second kappa shape index (κ2) is 15.4. The number of benzene rings is 1. The highest BCUT2D eigenvalue weighted by Crippen LogP contribution is 2.61. The van der Waals surface area contributed by atoms with E-state index in [1.165, 1.54) is 63.5 Å². The van der Waals surface area contributed by atoms with Gasteiger partial charge in [0.15, 0.2) is 0 Å². The summed E-state index contributed by atoms with van der Waals surface area (Å²) in [4.78, 5) is -0.153. The van der Waals surface area contributed by atoms with E-state index in [2.05, 4.69) is 27.7 Å². The maximum Gasteiger partial charge on any atom is 0.124 e. The van der Waals surface area contributed by atoms with Crippen LogP contribution in [0.1, 0.15) is 90.2 Å². The summed E-state index contributed by atoms with van der Waals surface area (Å²) >= 11 is 0. The summed E-state index contributed by atoms with van der Waals surface area (Å²) < 4.78 is 31.7. The Bertz CT molecular complexity index is 598. The molecule has 29 heavy (non-hydrogen) atoms. The molecule has 0 radical (unpaired) electrons. The van der Waals surface area contributed by atoms with Crippen LogP contribution in [0, 0.1) is 13.8 Å². The van der Waals surface area contributed by atoms with Crippen LogP contribution < -0.4 is 0 Å². The van der Waals surface area contributed by atoms with Gasteiger partial charge < -0.3 is 4.55 Å². The van der Waals surface area contributed by atoms with Crippen molar-refractivity contribution in [1.29, 1.82) is 0 Å². The van der Waals surface area contributed by atoms with Crippen LogP contribution in [0.5, 0.6) is 0 Å². The van der Waals surface area contributed by atoms with Gasteiger partial charge in [0.1, 0.15) is 10.1 Å². The van der Waals surface area contributed by atoms with Crippen LogP contribution in [0.2, 0.25) is 0 Å². The van der Waals surface area contributed by atoms with E-state index < -0.39 is 17.4 Å². The second-order valence-corrected chi connectivity index (χ2v) is 14.3. The smallest absolute Gasteiger partial charge is 0.124 e. The molecule has 0 saturated carbocycles. The lowest BCUT2D eigenvalue weighted by Gasteiger charge is -2.28. The standard InChI is InChI=1S/C16H36P.C8H10O3S/c1-5-9-13-17(14-10-6-2,15-11-7-3)16-12-8-4;1-6-3-7(2)5-8(4-6)12(9,10)11/h5-16H2,1-4H3;3-5H,1-2H3,(H,9,10,11)/q+1;/p-1. The zero-order valence-corrected chi connectivity index (χ0v) is 21.5. The van der Waals surface area contributed by atoms with Crippen molar-refractivity contribution >= 4 is 17.4 Å². The molecule has 1 rings (SSSR count). The van der Waals surface area contributed by atoms with Gasteiger partial charge in [0.2, 0.25) is 0 Å². The third-order valence-electron chi connectivity index (χ3n) is 5.43. The van der Waals surface area contributed by atoms with Crippen molar-refractivity contribution < 1.29 is 13.0 Å². The van der Waals surface area contributed by atoms with E-state index in [0.29, 0.717) is 0 Å². The van der Waals surface area contributed by atoms with Gasteiger partial charge in [0.05, 0.1) is 29.5 Å². The summed E-state index contributed by atoms with van der Waals surface area (Å²) in [6, 6.07) is 4.55. The minimum absolute atomic E-state index is 0.153. The van der Waals surface area contributed by atoms with E-state index in [-0.39, 0.29) is 4.90 Å². The van der Waals surface area contributed by atoms with Crippen LogP contribution in [0.4, 0.5) is 0 Å². The van der Waals surface area contributed by atoms with Crippen LogP contribution in [0.15, 0.2) is 23.1 Å². The Morgan fingerprint density at radius 3 is 1.24 bits per heavy atom. The molecule has 0 aliphatic carbocycles. The van der Waals surface area contributed by atoms with Gasteiger partial charge in [-0.2, -0.15) is 0 Å². The molecule has 0 unspecified atom stereocenters. The summed E-state index contributed by atoms with van der Waals surface area (Å²) in [5.74, 6) is 0. The third-order valence-corrected chi connectivity index (χ3v) is 11.3. The van der Waals surface area contributed by atoms with Gasteiger partial charge in [-0.25, -0.2) is 8.42 Å². The average Bonchev–Trinajstić information content (AvgIpc) is 2.66. The van der Waals surface area contributed by atoms with Crippen LogP contribution in [-0.2, 0) is 10.1 Å². The highest BCUT2D eigenvalue weighted by molar-refractivity contribution is 7.85. The largest absolute Gasteiger partial charge is 0.744 e. The van der Waals surface area contributed by atoms with Gasteiger partial charge in [0.25, 0.3) is 0 Å². The number of aryl methyl sites for hydroxylation is 2. The van der Waals surface area contributed by atoms with Crippen molar-refractivity contribution in [3.63, 3.8) is 0 Å². The monoisotopic (exact) mass is 444 g/mol. The highest BCUT2D eigenvalue weighted by atomic mass is 32.2. The molecule has 0 heterocycles. The second-order valence-electron chi connectivity index (χ2n) is 8.43. The number of hydrogen-bond donors (Lipinski definition) is 0. The van der Waals surface area contributed by atoms with Crippen molar-refractivity contribution in [2.75, 3.05) is 24.6 Å². The predicted octanol–water partition coefficient (Wildman–Crippen LogP) is 7.41. The minimum atomic E-state index is -4.30. The topological polar surface area (TPSA) is 57.2 Å². The molecule has 0 spiro atoms. The first-order valence-electron chi connectivity index (χ1n) is 11.5. The van der Waals surface area contributed by atoms with Crippen molar-refractivity contribution in [3.8, 4) is 0 Å². The summed E-state index contributed by atoms with van der Waals surface area (Å²) in [7, 11) is -4.86. The first-order chi connectivity index (χ1) is 13.6. The molecule has 3 nitrogen and oxygen atoms in total. The normalized spacial score (nSPS) is 11.8. The van der Waals surface area contributed by atoms with Crippen LogP contribution >= 0.6 is 7.26 Å². The maximum atomic E-state index is 10.6. The SMILES string of the molecule is CCCC[P+](CCCC)(CCCC)CCCC.Cc1cc(C)cc(S(=O)(=O)[O-])c1. The Balaban J connectivity index is 0.000000571. The molecular weight excluding hydrogens is 399 g/mol. The molecule has 0 amide bonds. The molecule has 0 aliphatic heterocycles. The van der Waals surface area contributed by atoms with E-state index >= 15 is 0 Å². The van der Waals surface area contributed by atoms with Crippen molar-refractivity contribution in [3.05, 3.63) is 29.3 Å². The molecule has 5 heteroatoms. The summed E-state index contributed by atoms with van der Waals surface area (Å²) in [5, 5.41) is 0. The van der Waals surface area contributed by atoms with Gasteiger partial charge >= 0.3 is 0 Å². The maximum absolute atomic E-state index is 10.6. The van der Waals surface area contributed by atoms with E-state index in [1.54, 1.807) is 38.5 Å². The van der Waals surface area contributed by atoms with Gasteiger partial charge in [-0.3, -0.25) is 0 Å². The number of rotatable bonds is 13. The zero-order valence-electron chi connectivity index (χ0n) is 19.8. The fourth-order valence-electron chi connectivity index (χ4n) is 3.72. The zero-order chi connectivity index (χ0) is 22.3. The molecule has 1 aromatic rings. The number of hydrogen-bond acceptors (Lipinski definition) is 3. The molecule has 0 N–H and O–H groups in total. The van der Waals surface area contributed by atoms with Crippen LogP contribution in [0.3, 0.4) is 0 Å².